The van der Waals surface area contributed by atoms with Crippen molar-refractivity contribution in [3.05, 3.63) is 112 Å². The van der Waals surface area contributed by atoms with Crippen LogP contribution < -0.4 is 15.0 Å². The highest BCUT2D eigenvalue weighted by Gasteiger charge is 2.18. The van der Waals surface area contributed by atoms with Crippen molar-refractivity contribution in [1.29, 1.82) is 0 Å². The van der Waals surface area contributed by atoms with E-state index in [2.05, 4.69) is 5.10 Å². The summed E-state index contributed by atoms with van der Waals surface area (Å²) >= 11 is 0. The molecule has 1 heterocycles. The predicted molar refractivity (Wildman–Crippen MR) is 134 cm³/mol. The molecule has 0 spiro atoms. The van der Waals surface area contributed by atoms with Gasteiger partial charge in [-0.15, -0.1) is 0 Å². The number of hydrogen-bond acceptors (Lipinski definition) is 5. The molecule has 0 radical (unpaired) electrons. The third-order valence-electron chi connectivity index (χ3n) is 5.62. The zero-order chi connectivity index (χ0) is 24.6. The minimum Gasteiger partial charge on any atom is -0.497 e. The molecular formula is C28H27N3O4. The molecule has 178 valence electrons. The third kappa shape index (κ3) is 5.95. The van der Waals surface area contributed by atoms with Crippen molar-refractivity contribution in [2.75, 3.05) is 14.2 Å². The topological polar surface area (TPSA) is 73.7 Å². The summed E-state index contributed by atoms with van der Waals surface area (Å²) in [6.45, 7) is 0.665. The number of carbonyl (C=O) groups excluding carboxylic acids is 1. The summed E-state index contributed by atoms with van der Waals surface area (Å²) in [5.41, 5.74) is 2.83. The Bertz CT molecular complexity index is 1300. The average Bonchev–Trinajstić information content (AvgIpc) is 2.90. The number of amides is 1. The minimum atomic E-state index is -0.358. The highest BCUT2D eigenvalue weighted by molar-refractivity contribution is 5.76. The van der Waals surface area contributed by atoms with Crippen LogP contribution in [0, 0.1) is 0 Å². The number of nitrogens with zero attached hydrogens (tertiary/aromatic N) is 3. The van der Waals surface area contributed by atoms with Crippen molar-refractivity contribution in [3.63, 3.8) is 0 Å². The van der Waals surface area contributed by atoms with E-state index in [1.54, 1.807) is 43.4 Å². The number of hydrogen-bond donors (Lipinski definition) is 0. The molecule has 0 saturated heterocycles. The molecule has 7 nitrogen and oxygen atoms in total. The molecule has 0 unspecified atom stereocenters. The molecule has 0 aliphatic rings. The van der Waals surface area contributed by atoms with Gasteiger partial charge in [-0.2, -0.15) is 5.10 Å². The van der Waals surface area contributed by atoms with Gasteiger partial charge in [-0.25, -0.2) is 4.68 Å². The molecule has 4 rings (SSSR count). The number of methoxy groups -OCH3 is 2. The molecule has 0 aliphatic carbocycles. The second-order valence-corrected chi connectivity index (χ2v) is 8.00. The third-order valence-corrected chi connectivity index (χ3v) is 5.62. The van der Waals surface area contributed by atoms with Crippen LogP contribution in [0.2, 0.25) is 0 Å². The predicted octanol–water partition coefficient (Wildman–Crippen LogP) is 4.16. The van der Waals surface area contributed by atoms with Gasteiger partial charge < -0.3 is 14.4 Å². The molecule has 35 heavy (non-hydrogen) atoms. The summed E-state index contributed by atoms with van der Waals surface area (Å²) in [5, 5.41) is 4.48. The van der Waals surface area contributed by atoms with Crippen LogP contribution in [0.5, 0.6) is 11.5 Å². The molecule has 0 aliphatic heterocycles. The quantitative estimate of drug-likeness (QED) is 0.368. The van der Waals surface area contributed by atoms with Gasteiger partial charge in [-0.1, -0.05) is 60.7 Å². The Kier molecular flexibility index (Phi) is 7.57. The molecular weight excluding hydrogens is 442 g/mol. The second kappa shape index (κ2) is 11.2. The first kappa shape index (κ1) is 23.8. The smallest absolute Gasteiger partial charge is 0.267 e. The fourth-order valence-corrected chi connectivity index (χ4v) is 3.79. The number of rotatable bonds is 9. The van der Waals surface area contributed by atoms with Crippen LogP contribution in [0.1, 0.15) is 11.1 Å². The van der Waals surface area contributed by atoms with Gasteiger partial charge >= 0.3 is 0 Å². The maximum absolute atomic E-state index is 13.4. The Labute approximate surface area is 204 Å². The lowest BCUT2D eigenvalue weighted by molar-refractivity contribution is -0.133. The SMILES string of the molecule is COc1ccc(OC)c(-c2ccc(=O)n(CC(=O)N(Cc3ccccc3)Cc3ccccc3)n2)c1. The van der Waals surface area contributed by atoms with Crippen molar-refractivity contribution in [1.82, 2.24) is 14.7 Å². The molecule has 7 heteroatoms. The average molecular weight is 470 g/mol. The maximum atomic E-state index is 13.4. The Morgan fingerprint density at radius 2 is 1.46 bits per heavy atom. The van der Waals surface area contributed by atoms with Gasteiger partial charge in [0.2, 0.25) is 5.91 Å². The van der Waals surface area contributed by atoms with Crippen molar-refractivity contribution >= 4 is 5.91 Å². The molecule has 0 bridgehead atoms. The Morgan fingerprint density at radius 1 is 0.829 bits per heavy atom. The Hall–Kier alpha value is -4.39. The monoisotopic (exact) mass is 469 g/mol. The van der Waals surface area contributed by atoms with Gasteiger partial charge in [0, 0.05) is 24.7 Å². The molecule has 4 aromatic rings. The van der Waals surface area contributed by atoms with E-state index in [4.69, 9.17) is 9.47 Å². The Morgan fingerprint density at radius 3 is 2.03 bits per heavy atom. The summed E-state index contributed by atoms with van der Waals surface area (Å²) in [4.78, 5) is 27.8. The molecule has 0 fully saturated rings. The Balaban J connectivity index is 1.63. The molecule has 0 saturated carbocycles. The van der Waals surface area contributed by atoms with Gasteiger partial charge in [0.15, 0.2) is 0 Å². The highest BCUT2D eigenvalue weighted by Crippen LogP contribution is 2.31. The zero-order valence-electron chi connectivity index (χ0n) is 19.8. The molecule has 0 N–H and O–H groups in total. The van der Waals surface area contributed by atoms with Crippen molar-refractivity contribution in [2.45, 2.75) is 19.6 Å². The fraction of sp³-hybridized carbons (Fsp3) is 0.179. The van der Waals surface area contributed by atoms with Crippen LogP contribution in [-0.4, -0.2) is 34.8 Å². The minimum absolute atomic E-state index is 0.182. The van der Waals surface area contributed by atoms with Gasteiger partial charge in [-0.05, 0) is 35.4 Å². The maximum Gasteiger partial charge on any atom is 0.267 e. The normalized spacial score (nSPS) is 10.6. The van der Waals surface area contributed by atoms with Crippen molar-refractivity contribution < 1.29 is 14.3 Å². The summed E-state index contributed by atoms with van der Waals surface area (Å²) < 4.78 is 12.0. The first-order chi connectivity index (χ1) is 17.1. The number of carbonyl (C=O) groups is 1. The van der Waals surface area contributed by atoms with Crippen molar-refractivity contribution in [3.8, 4) is 22.8 Å². The first-order valence-corrected chi connectivity index (χ1v) is 11.2. The molecule has 3 aromatic carbocycles. The van der Waals surface area contributed by atoms with Crippen LogP contribution in [0.25, 0.3) is 11.3 Å². The second-order valence-electron chi connectivity index (χ2n) is 8.00. The van der Waals surface area contributed by atoms with Gasteiger partial charge in [0.05, 0.1) is 19.9 Å². The lowest BCUT2D eigenvalue weighted by Crippen LogP contribution is -2.36. The number of aromatic nitrogens is 2. The molecule has 1 amide bonds. The van der Waals surface area contributed by atoms with E-state index in [1.165, 1.54) is 10.7 Å². The summed E-state index contributed by atoms with van der Waals surface area (Å²) in [7, 11) is 3.14. The van der Waals surface area contributed by atoms with Crippen LogP contribution in [0.4, 0.5) is 0 Å². The largest absolute Gasteiger partial charge is 0.497 e. The highest BCUT2D eigenvalue weighted by atomic mass is 16.5. The standard InChI is InChI=1S/C28H27N3O4/c1-34-23-13-15-26(35-2)24(17-23)25-14-16-27(32)31(29-25)20-28(33)30(18-21-9-5-3-6-10-21)19-22-11-7-4-8-12-22/h3-17H,18-20H2,1-2H3. The number of benzene rings is 3. The first-order valence-electron chi connectivity index (χ1n) is 11.2. The van der Waals surface area contributed by atoms with E-state index in [0.29, 0.717) is 35.8 Å². The van der Waals surface area contributed by atoms with Crippen molar-refractivity contribution in [2.24, 2.45) is 0 Å². The van der Waals surface area contributed by atoms with Gasteiger partial charge in [0.25, 0.3) is 5.56 Å². The lowest BCUT2D eigenvalue weighted by atomic mass is 10.1. The number of ether oxygens (including phenoxy) is 2. The van der Waals surface area contributed by atoms with E-state index in [1.807, 2.05) is 60.7 Å². The van der Waals surface area contributed by atoms with Gasteiger partial charge in [-0.3, -0.25) is 9.59 Å². The van der Waals surface area contributed by atoms with E-state index in [0.717, 1.165) is 11.1 Å². The summed E-state index contributed by atoms with van der Waals surface area (Å²) in [6, 6.07) is 27.9. The van der Waals surface area contributed by atoms with E-state index in [9.17, 15) is 9.59 Å². The van der Waals surface area contributed by atoms with E-state index >= 15 is 0 Å². The molecule has 1 aromatic heterocycles. The summed E-state index contributed by atoms with van der Waals surface area (Å²) in [6.07, 6.45) is 0. The van der Waals surface area contributed by atoms with Crippen LogP contribution in [0.15, 0.2) is 95.8 Å². The summed E-state index contributed by atoms with van der Waals surface area (Å²) in [5.74, 6) is 1.01. The van der Waals surface area contributed by atoms with Crippen LogP contribution in [-0.2, 0) is 24.4 Å². The van der Waals surface area contributed by atoms with Gasteiger partial charge in [0.1, 0.15) is 18.0 Å². The fourth-order valence-electron chi connectivity index (χ4n) is 3.79. The van der Waals surface area contributed by atoms with Crippen LogP contribution in [0.3, 0.4) is 0 Å². The zero-order valence-corrected chi connectivity index (χ0v) is 19.8. The van der Waals surface area contributed by atoms with E-state index in [-0.39, 0.29) is 18.0 Å². The molecule has 0 atom stereocenters. The van der Waals surface area contributed by atoms with E-state index < -0.39 is 0 Å². The lowest BCUT2D eigenvalue weighted by Gasteiger charge is -2.23. The van der Waals surface area contributed by atoms with Crippen LogP contribution >= 0.6 is 0 Å².